The number of halogens is 1. The first-order valence-corrected chi connectivity index (χ1v) is 8.22. The standard InChI is InChI=1S/C12H15BrN2O4S/c1-7(6-20(2)19)14-12(18)15-8-3-4-10(13)9(5-8)11(16)17/h3-5,7H,6H2,1-2H3,(H,16,17)(H2,14,15,18). The SMILES string of the molecule is CC(CS(C)=O)NC(=O)Nc1ccc(Br)c(C(=O)O)c1. The molecule has 1 aromatic carbocycles. The summed E-state index contributed by atoms with van der Waals surface area (Å²) in [5.41, 5.74) is 0.429. The Morgan fingerprint density at radius 1 is 1.45 bits per heavy atom. The van der Waals surface area contributed by atoms with E-state index in [0.717, 1.165) is 0 Å². The lowest BCUT2D eigenvalue weighted by Crippen LogP contribution is -2.39. The first-order chi connectivity index (χ1) is 9.29. The fourth-order valence-electron chi connectivity index (χ4n) is 1.55. The highest BCUT2D eigenvalue weighted by molar-refractivity contribution is 9.10. The highest BCUT2D eigenvalue weighted by atomic mass is 79.9. The monoisotopic (exact) mass is 362 g/mol. The van der Waals surface area contributed by atoms with E-state index in [-0.39, 0.29) is 11.6 Å². The Morgan fingerprint density at radius 2 is 2.10 bits per heavy atom. The zero-order chi connectivity index (χ0) is 15.3. The molecule has 2 unspecified atom stereocenters. The molecule has 20 heavy (non-hydrogen) atoms. The number of hydrogen-bond donors (Lipinski definition) is 3. The summed E-state index contributed by atoms with van der Waals surface area (Å²) < 4.78 is 11.5. The summed E-state index contributed by atoms with van der Waals surface area (Å²) in [6.45, 7) is 1.74. The molecule has 0 aliphatic rings. The number of aromatic carboxylic acids is 1. The summed E-state index contributed by atoms with van der Waals surface area (Å²) in [5.74, 6) is -0.732. The van der Waals surface area contributed by atoms with Gasteiger partial charge in [-0.1, -0.05) is 0 Å². The second-order valence-electron chi connectivity index (χ2n) is 4.24. The van der Waals surface area contributed by atoms with Crippen molar-refractivity contribution in [2.24, 2.45) is 0 Å². The van der Waals surface area contributed by atoms with Crippen LogP contribution < -0.4 is 10.6 Å². The van der Waals surface area contributed by atoms with Gasteiger partial charge < -0.3 is 15.7 Å². The van der Waals surface area contributed by atoms with Gasteiger partial charge in [0, 0.05) is 39.0 Å². The number of urea groups is 1. The van der Waals surface area contributed by atoms with Crippen LogP contribution in [-0.4, -0.2) is 39.4 Å². The maximum absolute atomic E-state index is 11.7. The van der Waals surface area contributed by atoms with Crippen molar-refractivity contribution in [2.75, 3.05) is 17.3 Å². The van der Waals surface area contributed by atoms with E-state index in [1.54, 1.807) is 25.3 Å². The van der Waals surface area contributed by atoms with Crippen molar-refractivity contribution in [3.05, 3.63) is 28.2 Å². The summed E-state index contributed by atoms with van der Waals surface area (Å²) in [6, 6.07) is 3.77. The molecule has 0 aliphatic carbocycles. The number of carboxylic acid groups (broad SMARTS) is 1. The minimum atomic E-state index is -1.09. The van der Waals surface area contributed by atoms with E-state index < -0.39 is 22.8 Å². The average molecular weight is 363 g/mol. The lowest BCUT2D eigenvalue weighted by molar-refractivity contribution is 0.0696. The van der Waals surface area contributed by atoms with E-state index in [4.69, 9.17) is 5.11 Å². The van der Waals surface area contributed by atoms with Crippen molar-refractivity contribution in [3.63, 3.8) is 0 Å². The van der Waals surface area contributed by atoms with E-state index in [1.807, 2.05) is 0 Å². The van der Waals surface area contributed by atoms with Crippen LogP contribution in [0, 0.1) is 0 Å². The third-order valence-corrected chi connectivity index (χ3v) is 3.98. The number of carboxylic acids is 1. The molecule has 0 heterocycles. The number of anilines is 1. The zero-order valence-electron chi connectivity index (χ0n) is 11.0. The minimum absolute atomic E-state index is 0.0607. The Kier molecular flexibility index (Phi) is 6.15. The van der Waals surface area contributed by atoms with Crippen molar-refractivity contribution in [3.8, 4) is 0 Å². The van der Waals surface area contributed by atoms with Crippen LogP contribution in [0.15, 0.2) is 22.7 Å². The molecule has 8 heteroatoms. The third-order valence-electron chi connectivity index (χ3n) is 2.32. The van der Waals surface area contributed by atoms with Crippen molar-refractivity contribution < 1.29 is 18.9 Å². The lowest BCUT2D eigenvalue weighted by atomic mass is 10.2. The molecule has 2 amide bonds. The maximum Gasteiger partial charge on any atom is 0.336 e. The van der Waals surface area contributed by atoms with Gasteiger partial charge in [0.1, 0.15) is 0 Å². The van der Waals surface area contributed by atoms with Gasteiger partial charge in [-0.3, -0.25) is 4.21 Å². The number of nitrogens with one attached hydrogen (secondary N) is 2. The van der Waals surface area contributed by atoms with Crippen molar-refractivity contribution in [1.82, 2.24) is 5.32 Å². The van der Waals surface area contributed by atoms with Crippen LogP contribution >= 0.6 is 15.9 Å². The first-order valence-electron chi connectivity index (χ1n) is 5.70. The molecule has 6 nitrogen and oxygen atoms in total. The molecule has 0 spiro atoms. The normalized spacial score (nSPS) is 13.3. The van der Waals surface area contributed by atoms with Crippen LogP contribution in [0.25, 0.3) is 0 Å². The van der Waals surface area contributed by atoms with Gasteiger partial charge in [0.25, 0.3) is 0 Å². The summed E-state index contributed by atoms with van der Waals surface area (Å²) >= 11 is 3.12. The van der Waals surface area contributed by atoms with Crippen LogP contribution in [0.2, 0.25) is 0 Å². The predicted molar refractivity (Wildman–Crippen MR) is 81.7 cm³/mol. The molecule has 2 atom stereocenters. The topological polar surface area (TPSA) is 95.5 Å². The molecule has 0 radical (unpaired) electrons. The number of carbonyl (C=O) groups excluding carboxylic acids is 1. The second-order valence-corrected chi connectivity index (χ2v) is 6.57. The molecule has 1 aromatic rings. The van der Waals surface area contributed by atoms with E-state index in [9.17, 15) is 13.8 Å². The Bertz CT molecular complexity index is 550. The quantitative estimate of drug-likeness (QED) is 0.746. The number of hydrogen-bond acceptors (Lipinski definition) is 3. The molecule has 0 bridgehead atoms. The van der Waals surface area contributed by atoms with Crippen LogP contribution in [-0.2, 0) is 10.8 Å². The molecule has 0 fully saturated rings. The number of rotatable bonds is 5. The van der Waals surface area contributed by atoms with Gasteiger partial charge in [0.05, 0.1) is 5.56 Å². The molecular formula is C12H15BrN2O4S. The Hall–Kier alpha value is -1.41. The lowest BCUT2D eigenvalue weighted by Gasteiger charge is -2.13. The van der Waals surface area contributed by atoms with Gasteiger partial charge in [-0.25, -0.2) is 9.59 Å². The number of carbonyl (C=O) groups is 2. The van der Waals surface area contributed by atoms with Gasteiger partial charge in [-0.05, 0) is 41.1 Å². The van der Waals surface area contributed by atoms with Gasteiger partial charge >= 0.3 is 12.0 Å². The Morgan fingerprint density at radius 3 is 2.65 bits per heavy atom. The van der Waals surface area contributed by atoms with Crippen LogP contribution in [0.1, 0.15) is 17.3 Å². The molecule has 0 aliphatic heterocycles. The average Bonchev–Trinajstić information content (AvgIpc) is 2.29. The van der Waals surface area contributed by atoms with Gasteiger partial charge in [-0.2, -0.15) is 0 Å². The molecule has 0 saturated heterocycles. The van der Waals surface area contributed by atoms with E-state index in [1.165, 1.54) is 6.07 Å². The van der Waals surface area contributed by atoms with Crippen molar-refractivity contribution >= 4 is 44.4 Å². The van der Waals surface area contributed by atoms with Gasteiger partial charge in [-0.15, -0.1) is 0 Å². The largest absolute Gasteiger partial charge is 0.478 e. The summed E-state index contributed by atoms with van der Waals surface area (Å²) in [7, 11) is -0.998. The smallest absolute Gasteiger partial charge is 0.336 e. The Balaban J connectivity index is 2.69. The van der Waals surface area contributed by atoms with Crippen LogP contribution in [0.4, 0.5) is 10.5 Å². The molecule has 0 saturated carbocycles. The first kappa shape index (κ1) is 16.6. The van der Waals surface area contributed by atoms with E-state index in [0.29, 0.717) is 15.9 Å². The summed E-state index contributed by atoms with van der Waals surface area (Å²) in [6.07, 6.45) is 1.56. The Labute approximate surface area is 127 Å². The fourth-order valence-corrected chi connectivity index (χ4v) is 2.76. The highest BCUT2D eigenvalue weighted by Crippen LogP contribution is 2.21. The number of benzene rings is 1. The molecule has 0 aromatic heterocycles. The summed E-state index contributed by atoms with van der Waals surface area (Å²) in [4.78, 5) is 22.7. The predicted octanol–water partition coefficient (Wildman–Crippen LogP) is 2.04. The molecule has 1 rings (SSSR count). The molecular weight excluding hydrogens is 348 g/mol. The highest BCUT2D eigenvalue weighted by Gasteiger charge is 2.12. The molecule has 110 valence electrons. The fraction of sp³-hybridized carbons (Fsp3) is 0.333. The van der Waals surface area contributed by atoms with E-state index in [2.05, 4.69) is 26.6 Å². The zero-order valence-corrected chi connectivity index (χ0v) is 13.4. The maximum atomic E-state index is 11.7. The molecule has 3 N–H and O–H groups in total. The van der Waals surface area contributed by atoms with Gasteiger partial charge in [0.15, 0.2) is 0 Å². The summed E-state index contributed by atoms with van der Waals surface area (Å²) in [5, 5.41) is 14.1. The van der Waals surface area contributed by atoms with Crippen LogP contribution in [0.3, 0.4) is 0 Å². The van der Waals surface area contributed by atoms with Crippen LogP contribution in [0.5, 0.6) is 0 Å². The van der Waals surface area contributed by atoms with Crippen molar-refractivity contribution in [1.29, 1.82) is 0 Å². The van der Waals surface area contributed by atoms with Crippen molar-refractivity contribution in [2.45, 2.75) is 13.0 Å². The minimum Gasteiger partial charge on any atom is -0.478 e. The van der Waals surface area contributed by atoms with E-state index >= 15 is 0 Å². The number of amides is 2. The second kappa shape index (κ2) is 7.39. The third kappa shape index (κ3) is 5.30. The van der Waals surface area contributed by atoms with Gasteiger partial charge in [0.2, 0.25) is 0 Å².